The number of hydrogen-bond donors (Lipinski definition) is 0. The first-order valence-electron chi connectivity index (χ1n) is 6.67. The lowest BCUT2D eigenvalue weighted by atomic mass is 10.3. The molecule has 23 heavy (non-hydrogen) atoms. The fourth-order valence-electron chi connectivity index (χ4n) is 1.61. The molecule has 0 radical (unpaired) electrons. The zero-order valence-corrected chi connectivity index (χ0v) is 13.7. The molecule has 0 saturated carbocycles. The van der Waals surface area contributed by atoms with Crippen molar-refractivity contribution in [1.29, 1.82) is 0 Å². The first kappa shape index (κ1) is 19.3. The maximum Gasteiger partial charge on any atom is 0.417 e. The number of carbonyl (C=O) groups is 2. The molecule has 1 amide bonds. The standard InChI is InChI=1S/C14H17F3N2O3S/c1-9(2)19(7-13(21)22-3)12(20)8-23-11-5-4-10(6-18-11)14(15,16)17/h4-6,9H,7-8H2,1-3H3. The number of ether oxygens (including phenoxy) is 1. The summed E-state index contributed by atoms with van der Waals surface area (Å²) in [5.41, 5.74) is -0.845. The van der Waals surface area contributed by atoms with Crippen molar-refractivity contribution in [2.45, 2.75) is 31.1 Å². The van der Waals surface area contributed by atoms with E-state index in [2.05, 4.69) is 9.72 Å². The monoisotopic (exact) mass is 350 g/mol. The molecule has 0 aromatic carbocycles. The van der Waals surface area contributed by atoms with Crippen molar-refractivity contribution < 1.29 is 27.5 Å². The minimum absolute atomic E-state index is 0.0342. The number of halogens is 3. The van der Waals surface area contributed by atoms with E-state index in [0.717, 1.165) is 24.0 Å². The van der Waals surface area contributed by atoms with Crippen LogP contribution in [0.5, 0.6) is 0 Å². The minimum Gasteiger partial charge on any atom is -0.468 e. The van der Waals surface area contributed by atoms with Gasteiger partial charge in [0.25, 0.3) is 0 Å². The number of pyridine rings is 1. The first-order valence-corrected chi connectivity index (χ1v) is 7.66. The summed E-state index contributed by atoms with van der Waals surface area (Å²) < 4.78 is 41.8. The third kappa shape index (κ3) is 6.09. The summed E-state index contributed by atoms with van der Waals surface area (Å²) in [6, 6.07) is 1.91. The number of aromatic nitrogens is 1. The summed E-state index contributed by atoms with van der Waals surface area (Å²) in [6.45, 7) is 3.33. The van der Waals surface area contributed by atoms with Crippen LogP contribution in [0.25, 0.3) is 0 Å². The molecule has 0 aliphatic rings. The molecule has 0 saturated heterocycles. The highest BCUT2D eigenvalue weighted by Gasteiger charge is 2.30. The van der Waals surface area contributed by atoms with Gasteiger partial charge in [0.2, 0.25) is 5.91 Å². The molecule has 0 spiro atoms. The summed E-state index contributed by atoms with van der Waals surface area (Å²) in [6.07, 6.45) is -3.72. The van der Waals surface area contributed by atoms with Crippen molar-refractivity contribution in [3.05, 3.63) is 23.9 Å². The molecule has 1 aromatic heterocycles. The number of rotatable bonds is 6. The number of hydrogen-bond acceptors (Lipinski definition) is 5. The molecule has 0 aliphatic heterocycles. The van der Waals surface area contributed by atoms with E-state index in [-0.39, 0.29) is 24.2 Å². The average Bonchev–Trinajstić information content (AvgIpc) is 2.49. The van der Waals surface area contributed by atoms with Crippen LogP contribution in [0.1, 0.15) is 19.4 Å². The largest absolute Gasteiger partial charge is 0.468 e. The Morgan fingerprint density at radius 1 is 1.35 bits per heavy atom. The Morgan fingerprint density at radius 3 is 2.43 bits per heavy atom. The molecule has 1 aromatic rings. The van der Waals surface area contributed by atoms with Gasteiger partial charge in [-0.1, -0.05) is 11.8 Å². The molecule has 5 nitrogen and oxygen atoms in total. The number of thioether (sulfide) groups is 1. The zero-order chi connectivity index (χ0) is 17.6. The maximum atomic E-state index is 12.4. The molecular weight excluding hydrogens is 333 g/mol. The molecule has 0 fully saturated rings. The van der Waals surface area contributed by atoms with Crippen LogP contribution in [0.2, 0.25) is 0 Å². The van der Waals surface area contributed by atoms with Gasteiger partial charge in [-0.25, -0.2) is 4.98 Å². The van der Waals surface area contributed by atoms with Crippen molar-refractivity contribution >= 4 is 23.6 Å². The van der Waals surface area contributed by atoms with Gasteiger partial charge in [0.1, 0.15) is 6.54 Å². The van der Waals surface area contributed by atoms with Gasteiger partial charge in [-0.05, 0) is 26.0 Å². The van der Waals surface area contributed by atoms with Crippen LogP contribution in [0, 0.1) is 0 Å². The van der Waals surface area contributed by atoms with E-state index in [1.165, 1.54) is 18.1 Å². The van der Waals surface area contributed by atoms with E-state index in [9.17, 15) is 22.8 Å². The summed E-state index contributed by atoms with van der Waals surface area (Å²) in [7, 11) is 1.23. The number of methoxy groups -OCH3 is 1. The Bertz CT molecular complexity index is 547. The SMILES string of the molecule is COC(=O)CN(C(=O)CSc1ccc(C(F)(F)F)cn1)C(C)C. The van der Waals surface area contributed by atoms with Gasteiger partial charge >= 0.3 is 12.1 Å². The fourth-order valence-corrected chi connectivity index (χ4v) is 2.34. The second-order valence-electron chi connectivity index (χ2n) is 4.86. The Hall–Kier alpha value is -1.77. The molecule has 128 valence electrons. The zero-order valence-electron chi connectivity index (χ0n) is 12.9. The average molecular weight is 350 g/mol. The molecule has 0 unspecified atom stereocenters. The normalized spacial score (nSPS) is 11.4. The van der Waals surface area contributed by atoms with Crippen LogP contribution >= 0.6 is 11.8 Å². The van der Waals surface area contributed by atoms with Crippen LogP contribution in [-0.2, 0) is 20.5 Å². The topological polar surface area (TPSA) is 59.5 Å². The Morgan fingerprint density at radius 2 is 2.00 bits per heavy atom. The van der Waals surface area contributed by atoms with Crippen LogP contribution < -0.4 is 0 Å². The number of esters is 1. The highest BCUT2D eigenvalue weighted by Crippen LogP contribution is 2.29. The van der Waals surface area contributed by atoms with Gasteiger partial charge in [0, 0.05) is 12.2 Å². The summed E-state index contributed by atoms with van der Waals surface area (Å²) in [5.74, 6) is -0.894. The number of nitrogens with zero attached hydrogens (tertiary/aromatic N) is 2. The lowest BCUT2D eigenvalue weighted by Crippen LogP contribution is -2.42. The van der Waals surface area contributed by atoms with Crippen LogP contribution in [0.15, 0.2) is 23.4 Å². The van der Waals surface area contributed by atoms with Crippen molar-refractivity contribution in [3.63, 3.8) is 0 Å². The molecule has 0 aliphatic carbocycles. The lowest BCUT2D eigenvalue weighted by Gasteiger charge is -2.25. The van der Waals surface area contributed by atoms with Gasteiger partial charge in [0.05, 0.1) is 23.5 Å². The fraction of sp³-hybridized carbons (Fsp3) is 0.500. The first-order chi connectivity index (χ1) is 10.6. The molecule has 0 bridgehead atoms. The Labute approximate surface area is 136 Å². The van der Waals surface area contributed by atoms with Gasteiger partial charge in [-0.15, -0.1) is 0 Å². The quantitative estimate of drug-likeness (QED) is 0.583. The Balaban J connectivity index is 2.65. The molecular formula is C14H17F3N2O3S. The van der Waals surface area contributed by atoms with Gasteiger partial charge in [0.15, 0.2) is 0 Å². The molecule has 1 rings (SSSR count). The number of alkyl halides is 3. The van der Waals surface area contributed by atoms with Crippen molar-refractivity contribution in [2.75, 3.05) is 19.4 Å². The van der Waals surface area contributed by atoms with E-state index in [1.807, 2.05) is 0 Å². The Kier molecular flexibility index (Phi) is 6.86. The predicted octanol–water partition coefficient (Wildman–Crippen LogP) is 2.60. The van der Waals surface area contributed by atoms with Gasteiger partial charge in [-0.2, -0.15) is 13.2 Å². The molecule has 1 heterocycles. The lowest BCUT2D eigenvalue weighted by molar-refractivity contribution is -0.147. The van der Waals surface area contributed by atoms with E-state index in [4.69, 9.17) is 0 Å². The molecule has 0 atom stereocenters. The predicted molar refractivity (Wildman–Crippen MR) is 78.8 cm³/mol. The number of carbonyl (C=O) groups excluding carboxylic acids is 2. The third-order valence-corrected chi connectivity index (χ3v) is 3.81. The smallest absolute Gasteiger partial charge is 0.417 e. The van der Waals surface area contributed by atoms with Crippen molar-refractivity contribution in [2.24, 2.45) is 0 Å². The highest BCUT2D eigenvalue weighted by molar-refractivity contribution is 7.99. The van der Waals surface area contributed by atoms with Crippen LogP contribution in [0.3, 0.4) is 0 Å². The van der Waals surface area contributed by atoms with Crippen molar-refractivity contribution in [3.8, 4) is 0 Å². The summed E-state index contributed by atoms with van der Waals surface area (Å²) >= 11 is 1.01. The van der Waals surface area contributed by atoms with Crippen LogP contribution in [-0.4, -0.2) is 47.2 Å². The second kappa shape index (κ2) is 8.19. The summed E-state index contributed by atoms with van der Waals surface area (Å²) in [4.78, 5) is 28.4. The molecule has 9 heteroatoms. The second-order valence-corrected chi connectivity index (χ2v) is 5.86. The molecule has 0 N–H and O–H groups in total. The minimum atomic E-state index is -4.44. The van der Waals surface area contributed by atoms with E-state index >= 15 is 0 Å². The third-order valence-electron chi connectivity index (χ3n) is 2.88. The van der Waals surface area contributed by atoms with E-state index in [1.54, 1.807) is 13.8 Å². The number of amides is 1. The highest BCUT2D eigenvalue weighted by atomic mass is 32.2. The maximum absolute atomic E-state index is 12.4. The van der Waals surface area contributed by atoms with Gasteiger partial charge in [-0.3, -0.25) is 9.59 Å². The van der Waals surface area contributed by atoms with E-state index < -0.39 is 17.7 Å². The van der Waals surface area contributed by atoms with Gasteiger partial charge < -0.3 is 9.64 Å². The van der Waals surface area contributed by atoms with Crippen LogP contribution in [0.4, 0.5) is 13.2 Å². The van der Waals surface area contributed by atoms with E-state index in [0.29, 0.717) is 5.03 Å². The summed E-state index contributed by atoms with van der Waals surface area (Å²) in [5, 5.41) is 0.299. The van der Waals surface area contributed by atoms with Crippen molar-refractivity contribution in [1.82, 2.24) is 9.88 Å².